The number of likely N-dealkylation sites (tertiary alicyclic amines) is 1. The summed E-state index contributed by atoms with van der Waals surface area (Å²) in [6, 6.07) is 12.0. The largest absolute Gasteiger partial charge is 0.496 e. The van der Waals surface area contributed by atoms with Crippen LogP contribution in [0, 0.1) is 13.8 Å². The Bertz CT molecular complexity index is 921. The van der Waals surface area contributed by atoms with Gasteiger partial charge in [-0.1, -0.05) is 29.8 Å². The normalized spacial score (nSPS) is 18.7. The van der Waals surface area contributed by atoms with Crippen molar-refractivity contribution < 1.29 is 14.3 Å². The molecule has 2 aromatic carbocycles. The van der Waals surface area contributed by atoms with Crippen LogP contribution in [0.1, 0.15) is 28.7 Å². The Kier molecular flexibility index (Phi) is 8.93. The topological polar surface area (TPSA) is 62.8 Å². The Morgan fingerprint density at radius 3 is 2.72 bits per heavy atom. The van der Waals surface area contributed by atoms with Gasteiger partial charge in [0.05, 0.1) is 19.8 Å². The molecule has 174 valence electrons. The Hall–Kier alpha value is -2.12. The van der Waals surface area contributed by atoms with Crippen molar-refractivity contribution in [1.82, 2.24) is 15.5 Å². The number of ether oxygens (including phenoxy) is 2. The number of carbonyl (C=O) groups excluding carboxylic acids is 1. The first-order valence-corrected chi connectivity index (χ1v) is 11.4. The smallest absolute Gasteiger partial charge is 0.237 e. The minimum absolute atomic E-state index is 0.0462. The van der Waals surface area contributed by atoms with Gasteiger partial charge in [0.25, 0.3) is 0 Å². The molecular weight excluding hydrogens is 426 g/mol. The summed E-state index contributed by atoms with van der Waals surface area (Å²) in [6.45, 7) is 7.46. The number of halogens is 1. The number of nitrogens with zero attached hydrogens (tertiary/aromatic N) is 1. The fourth-order valence-corrected chi connectivity index (χ4v) is 4.49. The van der Waals surface area contributed by atoms with Crippen LogP contribution in [0.5, 0.6) is 5.75 Å². The standard InChI is InChI=1S/C25H34ClN3O3/c1-17-18(2)24(32-4)9-8-20(17)14-28-22-13-23(25(30)27-10-11-31-3)29(16-22)15-19-6-5-7-21(26)12-19/h5-9,12,22-23,28H,10-11,13-16H2,1-4H3,(H,27,30)/t22-,23+/m1/s1. The first kappa shape index (κ1) is 24.5. The van der Waals surface area contributed by atoms with E-state index in [0.717, 1.165) is 36.4 Å². The lowest BCUT2D eigenvalue weighted by molar-refractivity contribution is -0.125. The molecule has 2 N–H and O–H groups in total. The van der Waals surface area contributed by atoms with Crippen molar-refractivity contribution in [3.8, 4) is 5.75 Å². The summed E-state index contributed by atoms with van der Waals surface area (Å²) in [5.74, 6) is 0.956. The molecule has 7 heteroatoms. The number of methoxy groups -OCH3 is 2. The molecule has 2 atom stereocenters. The minimum Gasteiger partial charge on any atom is -0.496 e. The highest BCUT2D eigenvalue weighted by Gasteiger charge is 2.36. The Morgan fingerprint density at radius 2 is 2.00 bits per heavy atom. The first-order valence-electron chi connectivity index (χ1n) is 11.0. The highest BCUT2D eigenvalue weighted by molar-refractivity contribution is 6.30. The maximum absolute atomic E-state index is 12.9. The summed E-state index contributed by atoms with van der Waals surface area (Å²) in [7, 11) is 3.33. The maximum Gasteiger partial charge on any atom is 0.237 e. The van der Waals surface area contributed by atoms with Crippen molar-refractivity contribution in [2.24, 2.45) is 0 Å². The summed E-state index contributed by atoms with van der Waals surface area (Å²) < 4.78 is 10.5. The number of hydrogen-bond acceptors (Lipinski definition) is 5. The molecule has 1 fully saturated rings. The Labute approximate surface area is 196 Å². The third-order valence-corrected chi connectivity index (χ3v) is 6.47. The Balaban J connectivity index is 1.68. The zero-order valence-corrected chi connectivity index (χ0v) is 20.2. The number of nitrogens with one attached hydrogen (secondary N) is 2. The highest BCUT2D eigenvalue weighted by atomic mass is 35.5. The number of rotatable bonds is 10. The van der Waals surface area contributed by atoms with Crippen LogP contribution in [0.25, 0.3) is 0 Å². The third kappa shape index (κ3) is 6.23. The van der Waals surface area contributed by atoms with Crippen LogP contribution in [0.4, 0.5) is 0 Å². The molecule has 2 aromatic rings. The number of amides is 1. The fraction of sp³-hybridized carbons (Fsp3) is 0.480. The first-order chi connectivity index (χ1) is 15.4. The van der Waals surface area contributed by atoms with E-state index >= 15 is 0 Å². The minimum atomic E-state index is -0.193. The van der Waals surface area contributed by atoms with Crippen molar-refractivity contribution in [2.75, 3.05) is 33.9 Å². The van der Waals surface area contributed by atoms with Gasteiger partial charge in [0.15, 0.2) is 0 Å². The zero-order valence-electron chi connectivity index (χ0n) is 19.4. The van der Waals surface area contributed by atoms with Crippen LogP contribution in [-0.2, 0) is 22.6 Å². The van der Waals surface area contributed by atoms with Crippen molar-refractivity contribution >= 4 is 17.5 Å². The van der Waals surface area contributed by atoms with Crippen molar-refractivity contribution in [3.05, 3.63) is 63.7 Å². The van der Waals surface area contributed by atoms with E-state index < -0.39 is 0 Å². The highest BCUT2D eigenvalue weighted by Crippen LogP contribution is 2.26. The lowest BCUT2D eigenvalue weighted by atomic mass is 10.0. The van der Waals surface area contributed by atoms with Gasteiger partial charge in [-0.05, 0) is 60.7 Å². The molecule has 6 nitrogen and oxygen atoms in total. The number of benzene rings is 2. The second-order valence-corrected chi connectivity index (χ2v) is 8.79. The van der Waals surface area contributed by atoms with E-state index in [-0.39, 0.29) is 18.0 Å². The average molecular weight is 460 g/mol. The van der Waals surface area contributed by atoms with Crippen LogP contribution >= 0.6 is 11.6 Å². The SMILES string of the molecule is COCCNC(=O)[C@@H]1C[C@@H](NCc2ccc(OC)c(C)c2C)CN1Cc1cccc(Cl)c1. The molecule has 1 heterocycles. The van der Waals surface area contributed by atoms with Gasteiger partial charge in [0.1, 0.15) is 5.75 Å². The van der Waals surface area contributed by atoms with Crippen molar-refractivity contribution in [3.63, 3.8) is 0 Å². The average Bonchev–Trinajstić information content (AvgIpc) is 3.17. The maximum atomic E-state index is 12.9. The van der Waals surface area contributed by atoms with E-state index in [1.165, 1.54) is 11.1 Å². The van der Waals surface area contributed by atoms with Gasteiger partial charge in [-0.2, -0.15) is 0 Å². The molecule has 0 aromatic heterocycles. The van der Waals surface area contributed by atoms with Crippen LogP contribution in [0.15, 0.2) is 36.4 Å². The van der Waals surface area contributed by atoms with Gasteiger partial charge >= 0.3 is 0 Å². The molecule has 1 aliphatic rings. The van der Waals surface area contributed by atoms with Gasteiger partial charge < -0.3 is 20.1 Å². The second kappa shape index (κ2) is 11.7. The number of hydrogen-bond donors (Lipinski definition) is 2. The molecule has 1 aliphatic heterocycles. The summed E-state index contributed by atoms with van der Waals surface area (Å²) >= 11 is 6.18. The predicted octanol–water partition coefficient (Wildman–Crippen LogP) is 3.46. The predicted molar refractivity (Wildman–Crippen MR) is 128 cm³/mol. The van der Waals surface area contributed by atoms with E-state index in [1.54, 1.807) is 14.2 Å². The van der Waals surface area contributed by atoms with Crippen LogP contribution in [0.3, 0.4) is 0 Å². The summed E-state index contributed by atoms with van der Waals surface area (Å²) in [4.78, 5) is 15.1. The van der Waals surface area contributed by atoms with Gasteiger partial charge in [0.2, 0.25) is 5.91 Å². The molecule has 0 spiro atoms. The van der Waals surface area contributed by atoms with Crippen molar-refractivity contribution in [2.45, 2.75) is 45.4 Å². The molecule has 0 radical (unpaired) electrons. The van der Waals surface area contributed by atoms with Crippen molar-refractivity contribution in [1.29, 1.82) is 0 Å². The van der Waals surface area contributed by atoms with Crippen LogP contribution in [0.2, 0.25) is 5.02 Å². The monoisotopic (exact) mass is 459 g/mol. The van der Waals surface area contributed by atoms with E-state index in [4.69, 9.17) is 21.1 Å². The van der Waals surface area contributed by atoms with Crippen LogP contribution < -0.4 is 15.4 Å². The summed E-state index contributed by atoms with van der Waals surface area (Å²) in [6.07, 6.45) is 0.758. The molecule has 0 bridgehead atoms. The van der Waals surface area contributed by atoms with E-state index in [1.807, 2.05) is 24.3 Å². The summed E-state index contributed by atoms with van der Waals surface area (Å²) in [5.41, 5.74) is 4.75. The third-order valence-electron chi connectivity index (χ3n) is 6.24. The lowest BCUT2D eigenvalue weighted by Crippen LogP contribution is -2.43. The molecule has 0 unspecified atom stereocenters. The van der Waals surface area contributed by atoms with Gasteiger partial charge in [-0.3, -0.25) is 9.69 Å². The molecule has 32 heavy (non-hydrogen) atoms. The molecule has 0 saturated carbocycles. The molecule has 1 amide bonds. The molecule has 1 saturated heterocycles. The quantitative estimate of drug-likeness (QED) is 0.533. The van der Waals surface area contributed by atoms with Gasteiger partial charge in [-0.15, -0.1) is 0 Å². The van der Waals surface area contributed by atoms with Gasteiger partial charge in [0, 0.05) is 44.4 Å². The molecular formula is C25H34ClN3O3. The fourth-order valence-electron chi connectivity index (χ4n) is 4.28. The van der Waals surface area contributed by atoms with Gasteiger partial charge in [-0.25, -0.2) is 0 Å². The second-order valence-electron chi connectivity index (χ2n) is 8.35. The van der Waals surface area contributed by atoms with Crippen LogP contribution in [-0.4, -0.2) is 56.8 Å². The zero-order chi connectivity index (χ0) is 23.1. The number of carbonyl (C=O) groups is 1. The lowest BCUT2D eigenvalue weighted by Gasteiger charge is -2.23. The van der Waals surface area contributed by atoms with E-state index in [9.17, 15) is 4.79 Å². The summed E-state index contributed by atoms with van der Waals surface area (Å²) in [5, 5.41) is 7.38. The Morgan fingerprint density at radius 1 is 1.19 bits per heavy atom. The van der Waals surface area contributed by atoms with E-state index in [0.29, 0.717) is 24.7 Å². The molecule has 3 rings (SSSR count). The van der Waals surface area contributed by atoms with E-state index in [2.05, 4.69) is 41.5 Å². The molecule has 0 aliphatic carbocycles.